The molecule has 2 heterocycles. The van der Waals surface area contributed by atoms with E-state index in [1.807, 2.05) is 49.3 Å². The number of aromatic nitrogens is 2. The molecule has 10 nitrogen and oxygen atoms in total. The molecule has 1 aromatic carbocycles. The summed E-state index contributed by atoms with van der Waals surface area (Å²) in [5.41, 5.74) is 2.16. The number of nitrogens with one attached hydrogen (secondary N) is 2. The Morgan fingerprint density at radius 1 is 1.14 bits per heavy atom. The number of ether oxygens (including phenoxy) is 1. The first-order chi connectivity index (χ1) is 17.2. The van der Waals surface area contributed by atoms with Crippen LogP contribution in [0.1, 0.15) is 31.4 Å². The van der Waals surface area contributed by atoms with E-state index < -0.39 is 15.3 Å². The second-order valence-electron chi connectivity index (χ2n) is 9.83. The van der Waals surface area contributed by atoms with Crippen molar-refractivity contribution in [1.29, 1.82) is 0 Å². The van der Waals surface area contributed by atoms with Crippen LogP contribution in [-0.2, 0) is 9.48 Å². The van der Waals surface area contributed by atoms with Gasteiger partial charge in [0, 0.05) is 49.8 Å². The average Bonchev–Trinajstić information content (AvgIpc) is 3.36. The highest BCUT2D eigenvalue weighted by molar-refractivity contribution is 8.24. The van der Waals surface area contributed by atoms with Crippen LogP contribution in [0.2, 0.25) is 0 Å². The molecule has 11 heteroatoms. The summed E-state index contributed by atoms with van der Waals surface area (Å²) >= 11 is 0. The Balaban J connectivity index is 1.62. The van der Waals surface area contributed by atoms with Crippen LogP contribution in [0.5, 0.6) is 0 Å². The van der Waals surface area contributed by atoms with E-state index in [1.165, 1.54) is 0 Å². The predicted molar refractivity (Wildman–Crippen MR) is 145 cm³/mol. The highest BCUT2D eigenvalue weighted by Crippen LogP contribution is 2.63. The van der Waals surface area contributed by atoms with Gasteiger partial charge < -0.3 is 25.2 Å². The number of benzene rings is 1. The van der Waals surface area contributed by atoms with Crippen LogP contribution < -0.4 is 15.5 Å². The number of likely N-dealkylation sites (N-methyl/N-ethyl adjacent to an activating group) is 1. The lowest BCUT2D eigenvalue weighted by molar-refractivity contribution is 0.122. The Bertz CT molecular complexity index is 1030. The number of amides is 2. The van der Waals surface area contributed by atoms with E-state index >= 15 is 0 Å². The molecule has 0 radical (unpaired) electrons. The normalized spacial score (nSPS) is 18.3. The number of rotatable bonds is 8. The fourth-order valence-corrected chi connectivity index (χ4v) is 6.37. The minimum atomic E-state index is -2.89. The standard InChI is InChI=1S/C25H38N6O4S/c1-30(2)13-12-26-24(32)27-20-8-6-19(7-9-20)23-28-21(25(36(3,33)34)10-4-5-11-25)18-22(29-23)31-14-16-35-17-15-31/h6-9,18,33-34H,4-5,10-17H2,1-3H3,(H2,26,27,32). The van der Waals surface area contributed by atoms with Crippen molar-refractivity contribution < 1.29 is 18.6 Å². The van der Waals surface area contributed by atoms with E-state index in [1.54, 1.807) is 6.26 Å². The van der Waals surface area contributed by atoms with Crippen molar-refractivity contribution in [1.82, 2.24) is 20.2 Å². The first kappa shape index (κ1) is 26.6. The number of anilines is 2. The highest BCUT2D eigenvalue weighted by atomic mass is 32.3. The molecule has 0 spiro atoms. The largest absolute Gasteiger partial charge is 0.378 e. The third kappa shape index (κ3) is 6.09. The molecule has 0 unspecified atom stereocenters. The molecule has 1 saturated heterocycles. The van der Waals surface area contributed by atoms with Gasteiger partial charge in [0.25, 0.3) is 0 Å². The number of carbonyl (C=O) groups excluding carboxylic acids is 1. The second-order valence-corrected chi connectivity index (χ2v) is 12.3. The van der Waals surface area contributed by atoms with Gasteiger partial charge in [-0.2, -0.15) is 10.6 Å². The summed E-state index contributed by atoms with van der Waals surface area (Å²) in [7, 11) is 1.02. The van der Waals surface area contributed by atoms with Crippen molar-refractivity contribution in [3.8, 4) is 11.4 Å². The number of morpholine rings is 1. The van der Waals surface area contributed by atoms with Gasteiger partial charge in [0.15, 0.2) is 5.82 Å². The van der Waals surface area contributed by atoms with E-state index in [4.69, 9.17) is 14.7 Å². The second kappa shape index (κ2) is 11.3. The van der Waals surface area contributed by atoms with E-state index in [0.717, 1.165) is 43.9 Å². The third-order valence-corrected chi connectivity index (χ3v) is 9.01. The molecule has 1 aliphatic heterocycles. The zero-order valence-electron chi connectivity index (χ0n) is 21.4. The molecule has 1 aliphatic carbocycles. The quantitative estimate of drug-likeness (QED) is 0.416. The van der Waals surface area contributed by atoms with Gasteiger partial charge in [-0.25, -0.2) is 14.8 Å². The maximum absolute atomic E-state index is 12.2. The average molecular weight is 519 g/mol. The summed E-state index contributed by atoms with van der Waals surface area (Å²) in [4.78, 5) is 26.1. The van der Waals surface area contributed by atoms with Gasteiger partial charge in [-0.3, -0.25) is 9.11 Å². The molecule has 1 aromatic heterocycles. The first-order valence-electron chi connectivity index (χ1n) is 12.4. The number of nitrogens with zero attached hydrogens (tertiary/aromatic N) is 4. The highest BCUT2D eigenvalue weighted by Gasteiger charge is 2.46. The molecule has 4 N–H and O–H groups in total. The minimum absolute atomic E-state index is 0.256. The van der Waals surface area contributed by atoms with Gasteiger partial charge in [-0.05, 0) is 51.2 Å². The van der Waals surface area contributed by atoms with E-state index in [0.29, 0.717) is 49.8 Å². The van der Waals surface area contributed by atoms with Gasteiger partial charge in [0.05, 0.1) is 18.9 Å². The Hall–Kier alpha value is -2.44. The lowest BCUT2D eigenvalue weighted by atomic mass is 10.0. The van der Waals surface area contributed by atoms with Crippen molar-refractivity contribution in [3.05, 3.63) is 36.0 Å². The smallest absolute Gasteiger partial charge is 0.319 e. The van der Waals surface area contributed by atoms with Gasteiger partial charge >= 0.3 is 6.03 Å². The molecule has 2 aliphatic rings. The number of hydrogen-bond acceptors (Lipinski definition) is 8. The molecule has 1 saturated carbocycles. The van der Waals surface area contributed by atoms with Crippen LogP contribution in [0.3, 0.4) is 0 Å². The van der Waals surface area contributed by atoms with E-state index in [-0.39, 0.29) is 6.03 Å². The lowest BCUT2D eigenvalue weighted by Crippen LogP contribution is -2.37. The third-order valence-electron chi connectivity index (χ3n) is 6.91. The van der Waals surface area contributed by atoms with Crippen LogP contribution >= 0.6 is 10.6 Å². The SMILES string of the molecule is CN(C)CCNC(=O)Nc1ccc(-c2nc(N3CCOCC3)cc(C3(S(C)(O)O)CCCC3)n2)cc1. The Labute approximate surface area is 214 Å². The van der Waals surface area contributed by atoms with Gasteiger partial charge in [0.1, 0.15) is 10.6 Å². The Morgan fingerprint density at radius 2 is 1.81 bits per heavy atom. The summed E-state index contributed by atoms with van der Waals surface area (Å²) in [5.74, 6) is 1.31. The zero-order chi connectivity index (χ0) is 25.8. The molecule has 0 bridgehead atoms. The Kier molecular flexibility index (Phi) is 8.36. The molecule has 2 aromatic rings. The lowest BCUT2D eigenvalue weighted by Gasteiger charge is -2.46. The summed E-state index contributed by atoms with van der Waals surface area (Å²) in [6.07, 6.45) is 4.80. The van der Waals surface area contributed by atoms with Crippen molar-refractivity contribution >= 4 is 28.1 Å². The summed E-state index contributed by atoms with van der Waals surface area (Å²) < 4.78 is 26.5. The van der Waals surface area contributed by atoms with E-state index in [2.05, 4.69) is 15.5 Å². The fourth-order valence-electron chi connectivity index (χ4n) is 4.81. The summed E-state index contributed by atoms with van der Waals surface area (Å²) in [6.45, 7) is 4.00. The number of carbonyl (C=O) groups is 1. The van der Waals surface area contributed by atoms with Crippen LogP contribution in [-0.4, -0.2) is 89.7 Å². The van der Waals surface area contributed by atoms with E-state index in [9.17, 15) is 13.9 Å². The molecule has 2 fully saturated rings. The molecular formula is C25H38N6O4S. The van der Waals surface area contributed by atoms with Crippen LogP contribution in [0, 0.1) is 0 Å². The van der Waals surface area contributed by atoms with Gasteiger partial charge in [0.2, 0.25) is 0 Å². The van der Waals surface area contributed by atoms with Gasteiger partial charge in [-0.1, -0.05) is 12.8 Å². The molecular weight excluding hydrogens is 480 g/mol. The molecule has 2 amide bonds. The minimum Gasteiger partial charge on any atom is -0.378 e. The number of hydrogen-bond donors (Lipinski definition) is 4. The topological polar surface area (TPSA) is 123 Å². The number of urea groups is 1. The van der Waals surface area contributed by atoms with Crippen molar-refractivity contribution in [2.24, 2.45) is 0 Å². The van der Waals surface area contributed by atoms with Crippen molar-refractivity contribution in [3.63, 3.8) is 0 Å². The summed E-state index contributed by atoms with van der Waals surface area (Å²) in [6, 6.07) is 9.08. The molecule has 198 valence electrons. The Morgan fingerprint density at radius 3 is 2.42 bits per heavy atom. The van der Waals surface area contributed by atoms with Crippen molar-refractivity contribution in [2.45, 2.75) is 30.4 Å². The monoisotopic (exact) mass is 518 g/mol. The van der Waals surface area contributed by atoms with Crippen LogP contribution in [0.15, 0.2) is 30.3 Å². The maximum atomic E-state index is 12.2. The van der Waals surface area contributed by atoms with Gasteiger partial charge in [-0.15, -0.1) is 0 Å². The molecule has 36 heavy (non-hydrogen) atoms. The zero-order valence-corrected chi connectivity index (χ0v) is 22.2. The fraction of sp³-hybridized carbons (Fsp3) is 0.560. The molecule has 4 rings (SSSR count). The maximum Gasteiger partial charge on any atom is 0.319 e. The van der Waals surface area contributed by atoms with Crippen LogP contribution in [0.25, 0.3) is 11.4 Å². The summed E-state index contributed by atoms with van der Waals surface area (Å²) in [5, 5.41) is 5.68. The predicted octanol–water partition coefficient (Wildman–Crippen LogP) is 3.81. The first-order valence-corrected chi connectivity index (χ1v) is 14.4. The van der Waals surface area contributed by atoms with Crippen LogP contribution in [0.4, 0.5) is 16.3 Å². The van der Waals surface area contributed by atoms with Crippen molar-refractivity contribution in [2.75, 3.05) is 70.0 Å². The molecule has 0 atom stereocenters.